The lowest BCUT2D eigenvalue weighted by atomic mass is 9.95. The minimum Gasteiger partial charge on any atom is -0.507 e. The third-order valence-electron chi connectivity index (χ3n) is 6.20. The molecule has 0 saturated carbocycles. The van der Waals surface area contributed by atoms with Crippen molar-refractivity contribution in [3.8, 4) is 17.2 Å². The van der Waals surface area contributed by atoms with Gasteiger partial charge in [-0.3, -0.25) is 14.5 Å². The first kappa shape index (κ1) is 29.3. The molecular weight excluding hydrogens is 548 g/mol. The number of aliphatic hydroxyl groups is 1. The first-order valence-corrected chi connectivity index (χ1v) is 13.7. The number of aliphatic hydroxyl groups excluding tert-OH is 1. The molecule has 214 valence electrons. The van der Waals surface area contributed by atoms with Crippen molar-refractivity contribution < 1.29 is 38.4 Å². The molecule has 1 N–H and O–H groups in total. The van der Waals surface area contributed by atoms with Gasteiger partial charge in [-0.15, -0.1) is 0 Å². The lowest BCUT2D eigenvalue weighted by molar-refractivity contribution is -0.132. The third-order valence-corrected chi connectivity index (χ3v) is 7.34. The zero-order valence-electron chi connectivity index (χ0n) is 23.1. The van der Waals surface area contributed by atoms with Gasteiger partial charge in [0, 0.05) is 5.56 Å². The quantitative estimate of drug-likeness (QED) is 0.107. The summed E-state index contributed by atoms with van der Waals surface area (Å²) in [7, 11) is 1.51. The number of esters is 1. The first-order valence-electron chi connectivity index (χ1n) is 12.9. The predicted molar refractivity (Wildman–Crippen MR) is 154 cm³/mol. The molecule has 1 saturated heterocycles. The van der Waals surface area contributed by atoms with E-state index >= 15 is 0 Å². The van der Waals surface area contributed by atoms with E-state index in [0.29, 0.717) is 47.3 Å². The normalized spacial score (nSPS) is 16.0. The summed E-state index contributed by atoms with van der Waals surface area (Å²) in [4.78, 5) is 45.5. The third kappa shape index (κ3) is 5.80. The number of hydrogen-bond acceptors (Lipinski definition) is 10. The van der Waals surface area contributed by atoms with Crippen LogP contribution in [-0.4, -0.2) is 54.7 Å². The first-order chi connectivity index (χ1) is 19.7. The maximum atomic E-state index is 13.6. The number of carbonyl (C=O) groups excluding carboxylic acids is 3. The summed E-state index contributed by atoms with van der Waals surface area (Å²) in [5.41, 5.74) is 0.968. The van der Waals surface area contributed by atoms with E-state index in [1.165, 1.54) is 18.1 Å². The van der Waals surface area contributed by atoms with Crippen LogP contribution in [-0.2, 0) is 14.3 Å². The number of amides is 1. The fraction of sp³-hybridized carbons (Fsp3) is 0.267. The Morgan fingerprint density at radius 3 is 2.41 bits per heavy atom. The van der Waals surface area contributed by atoms with Gasteiger partial charge in [-0.1, -0.05) is 30.1 Å². The van der Waals surface area contributed by atoms with Crippen molar-refractivity contribution in [2.75, 3.05) is 31.8 Å². The SMILES string of the molecule is C=CCOC(=O)c1sc(N2C(=O)C(=O)/C(=C(/O)c3ccc(OC)cc3)C2c2ccc(OCC)c(OCC)c2)nc1C. The summed E-state index contributed by atoms with van der Waals surface area (Å²) >= 11 is 0.916. The average molecular weight is 579 g/mol. The van der Waals surface area contributed by atoms with E-state index in [2.05, 4.69) is 11.6 Å². The molecule has 1 aliphatic heterocycles. The Morgan fingerprint density at radius 1 is 1.10 bits per heavy atom. The summed E-state index contributed by atoms with van der Waals surface area (Å²) in [5.74, 6) is -1.36. The minimum absolute atomic E-state index is 0.00423. The minimum atomic E-state index is -1.09. The Bertz CT molecular complexity index is 1510. The van der Waals surface area contributed by atoms with Gasteiger partial charge in [-0.05, 0) is 62.7 Å². The van der Waals surface area contributed by atoms with Crippen LogP contribution in [0, 0.1) is 6.92 Å². The zero-order chi connectivity index (χ0) is 29.7. The van der Waals surface area contributed by atoms with Gasteiger partial charge in [0.05, 0.1) is 37.6 Å². The fourth-order valence-electron chi connectivity index (χ4n) is 4.36. The lowest BCUT2D eigenvalue weighted by Crippen LogP contribution is -2.29. The van der Waals surface area contributed by atoms with Crippen molar-refractivity contribution >= 4 is 39.9 Å². The van der Waals surface area contributed by atoms with E-state index in [0.717, 1.165) is 11.3 Å². The number of aromatic nitrogens is 1. The summed E-state index contributed by atoms with van der Waals surface area (Å²) in [5, 5.41) is 11.5. The molecule has 0 radical (unpaired) electrons. The van der Waals surface area contributed by atoms with Crippen LogP contribution in [0.3, 0.4) is 0 Å². The summed E-state index contributed by atoms with van der Waals surface area (Å²) in [6, 6.07) is 10.4. The number of ether oxygens (including phenoxy) is 4. The summed E-state index contributed by atoms with van der Waals surface area (Å²) in [6.07, 6.45) is 1.44. The number of Topliss-reactive ketones (excluding diaryl/α,β-unsaturated/α-hetero) is 1. The molecule has 2 aromatic carbocycles. The van der Waals surface area contributed by atoms with Gasteiger partial charge in [0.2, 0.25) is 0 Å². The molecule has 0 spiro atoms. The van der Waals surface area contributed by atoms with Crippen LogP contribution in [0.4, 0.5) is 5.13 Å². The van der Waals surface area contributed by atoms with Crippen LogP contribution < -0.4 is 19.1 Å². The zero-order valence-corrected chi connectivity index (χ0v) is 23.9. The second-order valence-corrected chi connectivity index (χ2v) is 9.75. The standard InChI is InChI=1S/C30H30N2O8S/c1-6-15-40-29(36)27-17(4)31-30(41-27)32-24(19-11-14-21(38-7-2)22(16-19)39-8-3)23(26(34)28(32)35)25(33)18-9-12-20(37-5)13-10-18/h6,9-14,16,24,33H,1,7-8,15H2,2-5H3/b25-23+. The maximum Gasteiger partial charge on any atom is 0.350 e. The van der Waals surface area contributed by atoms with Gasteiger partial charge in [-0.25, -0.2) is 9.78 Å². The molecule has 41 heavy (non-hydrogen) atoms. The van der Waals surface area contributed by atoms with Crippen LogP contribution >= 0.6 is 11.3 Å². The largest absolute Gasteiger partial charge is 0.507 e. The molecule has 2 heterocycles. The molecule has 1 aliphatic rings. The van der Waals surface area contributed by atoms with Gasteiger partial charge in [0.25, 0.3) is 5.78 Å². The smallest absolute Gasteiger partial charge is 0.350 e. The Balaban J connectivity index is 1.91. The van der Waals surface area contributed by atoms with Crippen molar-refractivity contribution in [3.05, 3.63) is 82.4 Å². The summed E-state index contributed by atoms with van der Waals surface area (Å²) in [6.45, 7) is 9.57. The van der Waals surface area contributed by atoms with E-state index in [4.69, 9.17) is 18.9 Å². The van der Waals surface area contributed by atoms with E-state index in [1.807, 2.05) is 13.8 Å². The van der Waals surface area contributed by atoms with Crippen LogP contribution in [0.25, 0.3) is 5.76 Å². The molecule has 1 amide bonds. The molecule has 1 unspecified atom stereocenters. The predicted octanol–water partition coefficient (Wildman–Crippen LogP) is 5.23. The van der Waals surface area contributed by atoms with Gasteiger partial charge in [0.15, 0.2) is 16.6 Å². The molecule has 3 aromatic rings. The summed E-state index contributed by atoms with van der Waals surface area (Å²) < 4.78 is 21.8. The van der Waals surface area contributed by atoms with Crippen molar-refractivity contribution in [1.82, 2.24) is 4.98 Å². The van der Waals surface area contributed by atoms with Crippen molar-refractivity contribution in [2.45, 2.75) is 26.8 Å². The highest BCUT2D eigenvalue weighted by Gasteiger charge is 2.48. The lowest BCUT2D eigenvalue weighted by Gasteiger charge is -2.24. The van der Waals surface area contributed by atoms with E-state index < -0.39 is 23.7 Å². The van der Waals surface area contributed by atoms with Gasteiger partial charge in [-0.2, -0.15) is 0 Å². The van der Waals surface area contributed by atoms with E-state index in [1.54, 1.807) is 49.4 Å². The number of hydrogen-bond donors (Lipinski definition) is 1. The Labute approximate surface area is 241 Å². The van der Waals surface area contributed by atoms with Gasteiger partial charge >= 0.3 is 11.9 Å². The number of carbonyl (C=O) groups is 3. The van der Waals surface area contributed by atoms with Crippen molar-refractivity contribution in [1.29, 1.82) is 0 Å². The molecule has 4 rings (SSSR count). The second kappa shape index (κ2) is 12.7. The number of methoxy groups -OCH3 is 1. The number of nitrogens with zero attached hydrogens (tertiary/aromatic N) is 2. The van der Waals surface area contributed by atoms with Crippen LogP contribution in [0.5, 0.6) is 17.2 Å². The second-order valence-electron chi connectivity index (χ2n) is 8.77. The van der Waals surface area contributed by atoms with Gasteiger partial charge < -0.3 is 24.1 Å². The highest BCUT2D eigenvalue weighted by atomic mass is 32.1. The average Bonchev–Trinajstić information content (AvgIpc) is 3.48. The van der Waals surface area contributed by atoms with Gasteiger partial charge in [0.1, 0.15) is 23.0 Å². The monoisotopic (exact) mass is 578 g/mol. The molecule has 11 heteroatoms. The number of aryl methyl sites for hydroxylation is 1. The number of thiazole rings is 1. The molecule has 0 aliphatic carbocycles. The van der Waals surface area contributed by atoms with Crippen LogP contribution in [0.1, 0.15) is 46.4 Å². The molecule has 1 fully saturated rings. The van der Waals surface area contributed by atoms with E-state index in [-0.39, 0.29) is 27.9 Å². The topological polar surface area (TPSA) is 124 Å². The molecule has 1 atom stereocenters. The molecule has 0 bridgehead atoms. The molecule has 1 aromatic heterocycles. The number of ketones is 1. The number of anilines is 1. The number of rotatable bonds is 11. The fourth-order valence-corrected chi connectivity index (χ4v) is 5.35. The Morgan fingerprint density at radius 2 is 1.78 bits per heavy atom. The maximum absolute atomic E-state index is 13.6. The molecule has 10 nitrogen and oxygen atoms in total. The number of benzene rings is 2. The Hall–Kier alpha value is -4.64. The highest BCUT2D eigenvalue weighted by molar-refractivity contribution is 7.17. The van der Waals surface area contributed by atoms with Crippen molar-refractivity contribution in [2.24, 2.45) is 0 Å². The Kier molecular flexibility index (Phi) is 9.08. The van der Waals surface area contributed by atoms with E-state index in [9.17, 15) is 19.5 Å². The van der Waals surface area contributed by atoms with Crippen molar-refractivity contribution in [3.63, 3.8) is 0 Å². The van der Waals surface area contributed by atoms with Crippen LogP contribution in [0.15, 0.2) is 60.7 Å². The van der Waals surface area contributed by atoms with Crippen LogP contribution in [0.2, 0.25) is 0 Å². The highest BCUT2D eigenvalue weighted by Crippen LogP contribution is 2.45. The molecular formula is C30H30N2O8S.